The fourth-order valence-corrected chi connectivity index (χ4v) is 2.37. The van der Waals surface area contributed by atoms with E-state index in [9.17, 15) is 0 Å². The van der Waals surface area contributed by atoms with Crippen molar-refractivity contribution in [2.75, 3.05) is 5.73 Å². The molecular formula is C13H16BrN3. The molecule has 1 aromatic heterocycles. The number of nitrogens with zero attached hydrogens (tertiary/aromatic N) is 2. The molecule has 3 nitrogen and oxygen atoms in total. The van der Waals surface area contributed by atoms with Crippen molar-refractivity contribution in [1.29, 1.82) is 0 Å². The first-order valence-electron chi connectivity index (χ1n) is 5.79. The number of rotatable bonds is 3. The minimum absolute atomic E-state index is 0.751. The number of benzene rings is 1. The van der Waals surface area contributed by atoms with Gasteiger partial charge in [0.1, 0.15) is 0 Å². The van der Waals surface area contributed by atoms with Gasteiger partial charge < -0.3 is 5.73 Å². The maximum absolute atomic E-state index is 5.75. The SMILES string of the molecule is CCc1cc(CC)n(-c2ccc(N)cc2Br)n1. The molecule has 0 amide bonds. The smallest absolute Gasteiger partial charge is 0.0792 e. The Morgan fingerprint density at radius 1 is 1.24 bits per heavy atom. The molecule has 0 saturated heterocycles. The molecule has 0 aliphatic heterocycles. The van der Waals surface area contributed by atoms with Gasteiger partial charge in [0.05, 0.1) is 11.4 Å². The van der Waals surface area contributed by atoms with Crippen LogP contribution in [0.1, 0.15) is 25.2 Å². The largest absolute Gasteiger partial charge is 0.399 e. The minimum Gasteiger partial charge on any atom is -0.399 e. The van der Waals surface area contributed by atoms with Crippen molar-refractivity contribution in [3.63, 3.8) is 0 Å². The van der Waals surface area contributed by atoms with Crippen LogP contribution < -0.4 is 5.73 Å². The minimum atomic E-state index is 0.751. The number of nitrogens with two attached hydrogens (primary N) is 1. The van der Waals surface area contributed by atoms with E-state index in [-0.39, 0.29) is 0 Å². The zero-order valence-corrected chi connectivity index (χ0v) is 11.7. The van der Waals surface area contributed by atoms with E-state index < -0.39 is 0 Å². The highest BCUT2D eigenvalue weighted by Gasteiger charge is 2.10. The predicted molar refractivity (Wildman–Crippen MR) is 74.4 cm³/mol. The Labute approximate surface area is 110 Å². The molecule has 0 aliphatic rings. The lowest BCUT2D eigenvalue weighted by Gasteiger charge is -2.08. The van der Waals surface area contributed by atoms with Crippen molar-refractivity contribution in [1.82, 2.24) is 9.78 Å². The zero-order chi connectivity index (χ0) is 12.4. The van der Waals surface area contributed by atoms with Crippen molar-refractivity contribution in [3.05, 3.63) is 40.1 Å². The predicted octanol–water partition coefficient (Wildman–Crippen LogP) is 3.34. The Bertz CT molecular complexity index is 531. The van der Waals surface area contributed by atoms with Gasteiger partial charge in [-0.25, -0.2) is 4.68 Å². The van der Waals surface area contributed by atoms with E-state index in [1.165, 1.54) is 5.69 Å². The summed E-state index contributed by atoms with van der Waals surface area (Å²) in [6.45, 7) is 4.25. The molecule has 0 radical (unpaired) electrons. The number of hydrogen-bond donors (Lipinski definition) is 1. The van der Waals surface area contributed by atoms with Gasteiger partial charge in [0.2, 0.25) is 0 Å². The van der Waals surface area contributed by atoms with Crippen LogP contribution in [-0.2, 0) is 12.8 Å². The van der Waals surface area contributed by atoms with Crippen LogP contribution in [0.25, 0.3) is 5.69 Å². The quantitative estimate of drug-likeness (QED) is 0.882. The first-order chi connectivity index (χ1) is 8.15. The number of anilines is 1. The van der Waals surface area contributed by atoms with Gasteiger partial charge in [-0.1, -0.05) is 13.8 Å². The second-order valence-corrected chi connectivity index (χ2v) is 4.81. The molecule has 0 atom stereocenters. The number of nitrogen functional groups attached to an aromatic ring is 1. The van der Waals surface area contributed by atoms with Gasteiger partial charge in [-0.3, -0.25) is 0 Å². The standard InChI is InChI=1S/C13H16BrN3/c1-3-10-8-11(4-2)17(16-10)13-6-5-9(15)7-12(13)14/h5-8H,3-4,15H2,1-2H3. The van der Waals surface area contributed by atoms with E-state index in [1.54, 1.807) is 0 Å². The molecule has 0 saturated carbocycles. The van der Waals surface area contributed by atoms with Crippen molar-refractivity contribution in [2.24, 2.45) is 0 Å². The van der Waals surface area contributed by atoms with Gasteiger partial charge >= 0.3 is 0 Å². The summed E-state index contributed by atoms with van der Waals surface area (Å²) in [4.78, 5) is 0. The average molecular weight is 294 g/mol. The van der Waals surface area contributed by atoms with Crippen LogP contribution in [0.4, 0.5) is 5.69 Å². The summed E-state index contributed by atoms with van der Waals surface area (Å²) < 4.78 is 2.96. The lowest BCUT2D eigenvalue weighted by molar-refractivity contribution is 0.791. The number of aryl methyl sites for hydroxylation is 2. The number of hydrogen-bond acceptors (Lipinski definition) is 2. The lowest BCUT2D eigenvalue weighted by Crippen LogP contribution is -2.03. The molecule has 2 rings (SSSR count). The summed E-state index contributed by atoms with van der Waals surface area (Å²) in [6.07, 6.45) is 1.91. The van der Waals surface area contributed by atoms with Crippen LogP contribution in [-0.4, -0.2) is 9.78 Å². The Morgan fingerprint density at radius 2 is 2.00 bits per heavy atom. The van der Waals surface area contributed by atoms with Gasteiger partial charge in [0.25, 0.3) is 0 Å². The van der Waals surface area contributed by atoms with Gasteiger partial charge in [0, 0.05) is 15.9 Å². The molecule has 1 aromatic carbocycles. The summed E-state index contributed by atoms with van der Waals surface area (Å²) >= 11 is 3.54. The summed E-state index contributed by atoms with van der Waals surface area (Å²) in [7, 11) is 0. The van der Waals surface area contributed by atoms with E-state index in [1.807, 2.05) is 22.9 Å². The molecule has 4 heteroatoms. The Hall–Kier alpha value is -1.29. The number of halogens is 1. The third-order valence-electron chi connectivity index (χ3n) is 2.76. The molecule has 0 spiro atoms. The van der Waals surface area contributed by atoms with Crippen LogP contribution in [0.5, 0.6) is 0 Å². The van der Waals surface area contributed by atoms with Gasteiger partial charge in [-0.2, -0.15) is 5.10 Å². The normalized spacial score (nSPS) is 10.8. The summed E-state index contributed by atoms with van der Waals surface area (Å²) in [6, 6.07) is 7.95. The highest BCUT2D eigenvalue weighted by molar-refractivity contribution is 9.10. The van der Waals surface area contributed by atoms with Gasteiger partial charge in [0.15, 0.2) is 0 Å². The van der Waals surface area contributed by atoms with Crippen LogP contribution >= 0.6 is 15.9 Å². The van der Waals surface area contributed by atoms with E-state index >= 15 is 0 Å². The summed E-state index contributed by atoms with van der Waals surface area (Å²) in [5.41, 5.74) is 9.87. The molecular weight excluding hydrogens is 278 g/mol. The number of aromatic nitrogens is 2. The molecule has 0 bridgehead atoms. The molecule has 0 fully saturated rings. The average Bonchev–Trinajstić information content (AvgIpc) is 2.72. The molecule has 0 unspecified atom stereocenters. The molecule has 17 heavy (non-hydrogen) atoms. The van der Waals surface area contributed by atoms with E-state index in [0.29, 0.717) is 0 Å². The fraction of sp³-hybridized carbons (Fsp3) is 0.308. The maximum Gasteiger partial charge on any atom is 0.0792 e. The lowest BCUT2D eigenvalue weighted by atomic mass is 10.2. The van der Waals surface area contributed by atoms with Crippen molar-refractivity contribution in [2.45, 2.75) is 26.7 Å². The van der Waals surface area contributed by atoms with Crippen molar-refractivity contribution in [3.8, 4) is 5.69 Å². The van der Waals surface area contributed by atoms with Crippen LogP contribution in [0, 0.1) is 0 Å². The van der Waals surface area contributed by atoms with Crippen LogP contribution in [0.2, 0.25) is 0 Å². The molecule has 2 N–H and O–H groups in total. The Kier molecular flexibility index (Phi) is 3.52. The monoisotopic (exact) mass is 293 g/mol. The third-order valence-corrected chi connectivity index (χ3v) is 3.39. The van der Waals surface area contributed by atoms with Crippen molar-refractivity contribution < 1.29 is 0 Å². The summed E-state index contributed by atoms with van der Waals surface area (Å²) in [5, 5.41) is 4.61. The molecule has 90 valence electrons. The third kappa shape index (κ3) is 2.36. The highest BCUT2D eigenvalue weighted by atomic mass is 79.9. The summed E-state index contributed by atoms with van der Waals surface area (Å²) in [5.74, 6) is 0. The zero-order valence-electron chi connectivity index (χ0n) is 10.1. The van der Waals surface area contributed by atoms with Gasteiger partial charge in [-0.15, -0.1) is 0 Å². The molecule has 0 aliphatic carbocycles. The topological polar surface area (TPSA) is 43.8 Å². The highest BCUT2D eigenvalue weighted by Crippen LogP contribution is 2.25. The van der Waals surface area contributed by atoms with E-state index in [2.05, 4.69) is 40.9 Å². The first kappa shape index (κ1) is 12.2. The van der Waals surface area contributed by atoms with Crippen LogP contribution in [0.3, 0.4) is 0 Å². The molecule has 1 heterocycles. The Balaban J connectivity index is 2.55. The first-order valence-corrected chi connectivity index (χ1v) is 6.58. The fourth-order valence-electron chi connectivity index (χ4n) is 1.80. The molecule has 2 aromatic rings. The van der Waals surface area contributed by atoms with Crippen LogP contribution in [0.15, 0.2) is 28.7 Å². The second-order valence-electron chi connectivity index (χ2n) is 3.96. The second kappa shape index (κ2) is 4.92. The van der Waals surface area contributed by atoms with E-state index in [4.69, 9.17) is 5.73 Å². The Morgan fingerprint density at radius 3 is 2.59 bits per heavy atom. The van der Waals surface area contributed by atoms with Gasteiger partial charge in [-0.05, 0) is 53.0 Å². The maximum atomic E-state index is 5.75. The van der Waals surface area contributed by atoms with Crippen molar-refractivity contribution >= 4 is 21.6 Å². The van der Waals surface area contributed by atoms with E-state index in [0.717, 1.165) is 34.4 Å².